The Hall–Kier alpha value is -1.10. The molecule has 15 heavy (non-hydrogen) atoms. The van der Waals surface area contributed by atoms with E-state index in [2.05, 4.69) is 4.98 Å². The summed E-state index contributed by atoms with van der Waals surface area (Å²) < 4.78 is 5.02. The van der Waals surface area contributed by atoms with Crippen molar-refractivity contribution in [2.75, 3.05) is 12.3 Å². The Morgan fingerprint density at radius 3 is 3.00 bits per heavy atom. The van der Waals surface area contributed by atoms with Crippen LogP contribution in [0, 0.1) is 5.92 Å². The highest BCUT2D eigenvalue weighted by Crippen LogP contribution is 2.45. The van der Waals surface area contributed by atoms with E-state index < -0.39 is 0 Å². The molecule has 0 aliphatic heterocycles. The summed E-state index contributed by atoms with van der Waals surface area (Å²) in [6.45, 7) is 2.28. The fourth-order valence-corrected chi connectivity index (χ4v) is 2.73. The van der Waals surface area contributed by atoms with Crippen LogP contribution in [0.2, 0.25) is 0 Å². The normalized spacial score (nSPS) is 24.6. The molecule has 0 radical (unpaired) electrons. The predicted molar refractivity (Wildman–Crippen MR) is 58.6 cm³/mol. The number of esters is 1. The van der Waals surface area contributed by atoms with Gasteiger partial charge in [0.1, 0.15) is 0 Å². The predicted octanol–water partition coefficient (Wildman–Crippen LogP) is 1.78. The van der Waals surface area contributed by atoms with Gasteiger partial charge in [-0.15, -0.1) is 11.3 Å². The monoisotopic (exact) mass is 226 g/mol. The van der Waals surface area contributed by atoms with E-state index in [-0.39, 0.29) is 17.8 Å². The van der Waals surface area contributed by atoms with Gasteiger partial charge in [-0.1, -0.05) is 0 Å². The highest BCUT2D eigenvalue weighted by atomic mass is 32.1. The number of nitrogens with zero attached hydrogens (tertiary/aromatic N) is 1. The van der Waals surface area contributed by atoms with Crippen molar-refractivity contribution in [2.45, 2.75) is 25.7 Å². The van der Waals surface area contributed by atoms with Crippen LogP contribution in [0.4, 0.5) is 5.13 Å². The molecule has 82 valence electrons. The fourth-order valence-electron chi connectivity index (χ4n) is 1.84. The van der Waals surface area contributed by atoms with Gasteiger partial charge in [0.05, 0.1) is 12.5 Å². The molecule has 1 heterocycles. The molecule has 1 aliphatic rings. The number of hydrogen-bond acceptors (Lipinski definition) is 5. The zero-order chi connectivity index (χ0) is 10.8. The van der Waals surface area contributed by atoms with Gasteiger partial charge in [0, 0.05) is 17.0 Å². The van der Waals surface area contributed by atoms with Crippen molar-refractivity contribution in [1.29, 1.82) is 0 Å². The maximum absolute atomic E-state index is 11.5. The number of aromatic nitrogens is 1. The summed E-state index contributed by atoms with van der Waals surface area (Å²) in [6.07, 6.45) is 3.72. The van der Waals surface area contributed by atoms with Gasteiger partial charge in [-0.3, -0.25) is 4.79 Å². The highest BCUT2D eigenvalue weighted by Gasteiger charge is 2.39. The molecular formula is C10H14N2O2S. The van der Waals surface area contributed by atoms with Crippen LogP contribution in [0.3, 0.4) is 0 Å². The SMILES string of the molecule is CCOC(=O)C1CCC1c1cnc(N)s1. The number of ether oxygens (including phenoxy) is 1. The Bertz CT molecular complexity index is 364. The van der Waals surface area contributed by atoms with Crippen LogP contribution >= 0.6 is 11.3 Å². The number of nitrogens with two attached hydrogens (primary N) is 1. The first kappa shape index (κ1) is 10.4. The largest absolute Gasteiger partial charge is 0.466 e. The second-order valence-electron chi connectivity index (χ2n) is 3.64. The van der Waals surface area contributed by atoms with Crippen molar-refractivity contribution in [3.63, 3.8) is 0 Å². The summed E-state index contributed by atoms with van der Waals surface area (Å²) >= 11 is 1.47. The molecule has 0 amide bonds. The van der Waals surface area contributed by atoms with Crippen molar-refractivity contribution in [2.24, 2.45) is 5.92 Å². The Balaban J connectivity index is 2.03. The molecule has 2 rings (SSSR count). The Morgan fingerprint density at radius 2 is 2.53 bits per heavy atom. The minimum Gasteiger partial charge on any atom is -0.466 e. The molecule has 2 N–H and O–H groups in total. The summed E-state index contributed by atoms with van der Waals surface area (Å²) in [6, 6.07) is 0. The molecule has 2 unspecified atom stereocenters. The maximum Gasteiger partial charge on any atom is 0.309 e. The Kier molecular flexibility index (Phi) is 2.90. The number of carbonyl (C=O) groups is 1. The van der Waals surface area contributed by atoms with Crippen molar-refractivity contribution < 1.29 is 9.53 Å². The van der Waals surface area contributed by atoms with Crippen LogP contribution in [0.15, 0.2) is 6.20 Å². The van der Waals surface area contributed by atoms with Gasteiger partial charge in [0.15, 0.2) is 5.13 Å². The zero-order valence-electron chi connectivity index (χ0n) is 8.60. The highest BCUT2D eigenvalue weighted by molar-refractivity contribution is 7.15. The van der Waals surface area contributed by atoms with Crippen LogP contribution in [0.5, 0.6) is 0 Å². The zero-order valence-corrected chi connectivity index (χ0v) is 9.42. The Morgan fingerprint density at radius 1 is 1.73 bits per heavy atom. The summed E-state index contributed by atoms with van der Waals surface area (Å²) in [7, 11) is 0. The first-order chi connectivity index (χ1) is 7.22. The number of rotatable bonds is 3. The lowest BCUT2D eigenvalue weighted by Gasteiger charge is -2.33. The van der Waals surface area contributed by atoms with Crippen molar-refractivity contribution in [1.82, 2.24) is 4.98 Å². The van der Waals surface area contributed by atoms with Gasteiger partial charge in [-0.25, -0.2) is 4.98 Å². The standard InChI is InChI=1S/C10H14N2O2S/c1-2-14-9(13)7-4-3-6(7)8-5-12-10(11)15-8/h5-7H,2-4H2,1H3,(H2,11,12). The number of carbonyl (C=O) groups excluding carboxylic acids is 1. The molecule has 1 aromatic rings. The average molecular weight is 226 g/mol. The summed E-state index contributed by atoms with van der Waals surface area (Å²) in [5.41, 5.74) is 5.57. The quantitative estimate of drug-likeness (QED) is 0.798. The molecule has 0 aromatic carbocycles. The lowest BCUT2D eigenvalue weighted by molar-refractivity contribution is -0.151. The first-order valence-electron chi connectivity index (χ1n) is 5.10. The summed E-state index contributed by atoms with van der Waals surface area (Å²) in [4.78, 5) is 16.7. The molecule has 1 saturated carbocycles. The number of thiazole rings is 1. The van der Waals surface area contributed by atoms with E-state index >= 15 is 0 Å². The topological polar surface area (TPSA) is 65.2 Å². The third-order valence-electron chi connectivity index (χ3n) is 2.77. The van der Waals surface area contributed by atoms with Gasteiger partial charge in [0.25, 0.3) is 0 Å². The van der Waals surface area contributed by atoms with Crippen LogP contribution in [0.1, 0.15) is 30.6 Å². The maximum atomic E-state index is 11.5. The van der Waals surface area contributed by atoms with Crippen LogP contribution in [-0.2, 0) is 9.53 Å². The third-order valence-corrected chi connectivity index (χ3v) is 3.73. The molecule has 5 heteroatoms. The van der Waals surface area contributed by atoms with Crippen LogP contribution in [-0.4, -0.2) is 17.6 Å². The number of hydrogen-bond donors (Lipinski definition) is 1. The molecule has 0 saturated heterocycles. The van der Waals surface area contributed by atoms with E-state index in [4.69, 9.17) is 10.5 Å². The molecular weight excluding hydrogens is 212 g/mol. The van der Waals surface area contributed by atoms with Crippen molar-refractivity contribution >= 4 is 22.4 Å². The fraction of sp³-hybridized carbons (Fsp3) is 0.600. The molecule has 1 aromatic heterocycles. The number of anilines is 1. The van der Waals surface area contributed by atoms with E-state index in [1.807, 2.05) is 6.92 Å². The lowest BCUT2D eigenvalue weighted by atomic mass is 9.73. The molecule has 1 aliphatic carbocycles. The minimum atomic E-state index is -0.0827. The second-order valence-corrected chi connectivity index (χ2v) is 4.74. The van der Waals surface area contributed by atoms with E-state index in [0.717, 1.165) is 17.7 Å². The first-order valence-corrected chi connectivity index (χ1v) is 5.92. The van der Waals surface area contributed by atoms with Gasteiger partial charge >= 0.3 is 5.97 Å². The average Bonchev–Trinajstić information content (AvgIpc) is 2.50. The second kappa shape index (κ2) is 4.18. The third kappa shape index (κ3) is 1.97. The number of nitrogen functional groups attached to an aromatic ring is 1. The molecule has 2 atom stereocenters. The van der Waals surface area contributed by atoms with Crippen molar-refractivity contribution in [3.05, 3.63) is 11.1 Å². The van der Waals surface area contributed by atoms with Gasteiger partial charge in [0.2, 0.25) is 0 Å². The van der Waals surface area contributed by atoms with Crippen LogP contribution in [0.25, 0.3) is 0 Å². The Labute approximate surface area is 92.5 Å². The van der Waals surface area contributed by atoms with E-state index in [9.17, 15) is 4.79 Å². The molecule has 0 spiro atoms. The summed E-state index contributed by atoms with van der Waals surface area (Å²) in [5.74, 6) is 0.212. The molecule has 0 bridgehead atoms. The minimum absolute atomic E-state index is 0.0183. The smallest absolute Gasteiger partial charge is 0.309 e. The van der Waals surface area contributed by atoms with Gasteiger partial charge in [-0.05, 0) is 19.8 Å². The van der Waals surface area contributed by atoms with Gasteiger partial charge in [-0.2, -0.15) is 0 Å². The summed E-state index contributed by atoms with van der Waals surface area (Å²) in [5, 5.41) is 0.569. The van der Waals surface area contributed by atoms with Crippen LogP contribution < -0.4 is 5.73 Å². The van der Waals surface area contributed by atoms with E-state index in [1.165, 1.54) is 11.3 Å². The van der Waals surface area contributed by atoms with Crippen molar-refractivity contribution in [3.8, 4) is 0 Å². The van der Waals surface area contributed by atoms with E-state index in [1.54, 1.807) is 6.20 Å². The van der Waals surface area contributed by atoms with E-state index in [0.29, 0.717) is 11.7 Å². The molecule has 4 nitrogen and oxygen atoms in total. The molecule has 1 fully saturated rings. The van der Waals surface area contributed by atoms with Gasteiger partial charge < -0.3 is 10.5 Å². The lowest BCUT2D eigenvalue weighted by Crippen LogP contribution is -2.32.